The Balaban J connectivity index is 0. The minimum atomic E-state index is 0. The Bertz CT molecular complexity index is 307. The fourth-order valence-corrected chi connectivity index (χ4v) is 1.48. The zero-order chi connectivity index (χ0) is 8.81. The maximum Gasteiger partial charge on any atom is 1.00 e. The summed E-state index contributed by atoms with van der Waals surface area (Å²) in [6.07, 6.45) is 1.25. The van der Waals surface area contributed by atoms with Gasteiger partial charge in [-0.25, -0.2) is 4.98 Å². The Labute approximate surface area is 127 Å². The van der Waals surface area contributed by atoms with Gasteiger partial charge in [0.1, 0.15) is 0 Å². The van der Waals surface area contributed by atoms with E-state index in [0.29, 0.717) is 0 Å². The van der Waals surface area contributed by atoms with E-state index < -0.39 is 0 Å². The predicted molar refractivity (Wildman–Crippen MR) is 56.7 cm³/mol. The standard InChI is InChI=1S/C7H5NS.C3H8.K.H/c1-2-4-7-6(3-1)8-5-9-7;1-3-2;;/h1-5H;3H2,1-2H3;;/q;;+1;-1. The molecule has 0 unspecified atom stereocenters. The van der Waals surface area contributed by atoms with E-state index in [-0.39, 0.29) is 52.8 Å². The fraction of sp³-hybridized carbons (Fsp3) is 0.300. The first-order chi connectivity index (χ1) is 5.88. The summed E-state index contributed by atoms with van der Waals surface area (Å²) in [5, 5.41) is 0. The molecule has 1 aromatic carbocycles. The molecule has 0 radical (unpaired) electrons. The fourth-order valence-electron chi connectivity index (χ4n) is 0.803. The number of thiazole rings is 1. The van der Waals surface area contributed by atoms with Crippen molar-refractivity contribution in [1.29, 1.82) is 0 Å². The van der Waals surface area contributed by atoms with Crippen LogP contribution in [0.5, 0.6) is 0 Å². The molecule has 13 heavy (non-hydrogen) atoms. The van der Waals surface area contributed by atoms with E-state index in [4.69, 9.17) is 0 Å². The second kappa shape index (κ2) is 8.09. The van der Waals surface area contributed by atoms with Crippen LogP contribution >= 0.6 is 11.3 Å². The molecule has 0 N–H and O–H groups in total. The van der Waals surface area contributed by atoms with Crippen molar-refractivity contribution in [2.24, 2.45) is 0 Å². The molecular weight excluding hydrogens is 205 g/mol. The van der Waals surface area contributed by atoms with E-state index in [2.05, 4.69) is 24.9 Å². The largest absolute Gasteiger partial charge is 1.00 e. The van der Waals surface area contributed by atoms with Gasteiger partial charge in [-0.15, -0.1) is 11.3 Å². The van der Waals surface area contributed by atoms with Crippen molar-refractivity contribution in [3.8, 4) is 0 Å². The molecule has 0 amide bonds. The molecule has 0 fully saturated rings. The second-order valence-electron chi connectivity index (χ2n) is 2.53. The first kappa shape index (κ1) is 13.7. The normalized spacial score (nSPS) is 8.46. The van der Waals surface area contributed by atoms with Gasteiger partial charge in [0, 0.05) is 0 Å². The smallest absolute Gasteiger partial charge is 1.00 e. The third kappa shape index (κ3) is 4.67. The van der Waals surface area contributed by atoms with Crippen LogP contribution in [0.3, 0.4) is 0 Å². The summed E-state index contributed by atoms with van der Waals surface area (Å²) >= 11 is 1.68. The molecule has 3 heteroatoms. The third-order valence-electron chi connectivity index (χ3n) is 1.24. The van der Waals surface area contributed by atoms with E-state index in [1.165, 1.54) is 11.1 Å². The molecule has 2 aromatic rings. The summed E-state index contributed by atoms with van der Waals surface area (Å²) in [4.78, 5) is 4.14. The van der Waals surface area contributed by atoms with Crippen LogP contribution in [-0.2, 0) is 0 Å². The van der Waals surface area contributed by atoms with Gasteiger partial charge in [-0.2, -0.15) is 0 Å². The van der Waals surface area contributed by atoms with Gasteiger partial charge in [-0.05, 0) is 12.1 Å². The average molecular weight is 219 g/mol. The molecule has 1 nitrogen and oxygen atoms in total. The van der Waals surface area contributed by atoms with E-state index >= 15 is 0 Å². The van der Waals surface area contributed by atoms with Crippen molar-refractivity contribution in [3.63, 3.8) is 0 Å². The number of nitrogens with zero attached hydrogens (tertiary/aromatic N) is 1. The molecule has 2 rings (SSSR count). The summed E-state index contributed by atoms with van der Waals surface area (Å²) < 4.78 is 1.26. The van der Waals surface area contributed by atoms with Crippen molar-refractivity contribution in [3.05, 3.63) is 29.8 Å². The van der Waals surface area contributed by atoms with Crippen LogP contribution in [0.2, 0.25) is 0 Å². The van der Waals surface area contributed by atoms with Crippen LogP contribution in [0.25, 0.3) is 10.2 Å². The van der Waals surface area contributed by atoms with Crippen LogP contribution < -0.4 is 51.4 Å². The minimum absolute atomic E-state index is 0. The van der Waals surface area contributed by atoms with Crippen molar-refractivity contribution >= 4 is 21.6 Å². The molecule has 0 aliphatic rings. The van der Waals surface area contributed by atoms with E-state index in [0.717, 1.165) is 5.52 Å². The van der Waals surface area contributed by atoms with Gasteiger partial charge in [0.05, 0.1) is 15.7 Å². The van der Waals surface area contributed by atoms with Gasteiger partial charge < -0.3 is 1.43 Å². The zero-order valence-corrected chi connectivity index (χ0v) is 12.4. The summed E-state index contributed by atoms with van der Waals surface area (Å²) in [6, 6.07) is 8.13. The van der Waals surface area contributed by atoms with E-state index in [1.54, 1.807) is 11.3 Å². The van der Waals surface area contributed by atoms with Crippen molar-refractivity contribution < 1.29 is 52.8 Å². The Hall–Kier alpha value is 0.746. The topological polar surface area (TPSA) is 12.9 Å². The summed E-state index contributed by atoms with van der Waals surface area (Å²) in [6.45, 7) is 4.25. The SMILES string of the molecule is CCC.[H-].[K+].c1ccc2scnc2c1. The van der Waals surface area contributed by atoms with Gasteiger partial charge in [0.15, 0.2) is 0 Å². The Morgan fingerprint density at radius 2 is 1.92 bits per heavy atom. The monoisotopic (exact) mass is 219 g/mol. The number of rotatable bonds is 0. The number of aromatic nitrogens is 1. The molecule has 0 saturated heterocycles. The molecular formula is C10H14KNS. The molecule has 0 atom stereocenters. The molecule has 0 aliphatic carbocycles. The van der Waals surface area contributed by atoms with Crippen molar-refractivity contribution in [1.82, 2.24) is 4.98 Å². The molecule has 0 aliphatic heterocycles. The number of benzene rings is 1. The molecule has 66 valence electrons. The van der Waals surface area contributed by atoms with Gasteiger partial charge in [-0.1, -0.05) is 32.4 Å². The number of para-hydroxylation sites is 1. The third-order valence-corrected chi connectivity index (χ3v) is 2.05. The maximum atomic E-state index is 4.14. The Kier molecular flexibility index (Phi) is 8.55. The Morgan fingerprint density at radius 1 is 1.31 bits per heavy atom. The van der Waals surface area contributed by atoms with Crippen LogP contribution in [0.1, 0.15) is 21.7 Å². The van der Waals surface area contributed by atoms with Crippen molar-refractivity contribution in [2.75, 3.05) is 0 Å². The molecule has 0 spiro atoms. The van der Waals surface area contributed by atoms with Gasteiger partial charge >= 0.3 is 51.4 Å². The zero-order valence-electron chi connectivity index (χ0n) is 9.45. The number of hydrogen-bond donors (Lipinski definition) is 0. The van der Waals surface area contributed by atoms with Crippen LogP contribution in [0.4, 0.5) is 0 Å². The maximum absolute atomic E-state index is 4.14. The van der Waals surface area contributed by atoms with Crippen LogP contribution in [0, 0.1) is 0 Å². The van der Waals surface area contributed by atoms with E-state index in [1.807, 2.05) is 23.7 Å². The number of fused-ring (bicyclic) bond motifs is 1. The van der Waals surface area contributed by atoms with E-state index in [9.17, 15) is 0 Å². The molecule has 0 bridgehead atoms. The molecule has 0 saturated carbocycles. The Morgan fingerprint density at radius 3 is 2.54 bits per heavy atom. The summed E-state index contributed by atoms with van der Waals surface area (Å²) in [5.74, 6) is 0. The quantitative estimate of drug-likeness (QED) is 0.598. The summed E-state index contributed by atoms with van der Waals surface area (Å²) in [7, 11) is 0. The van der Waals surface area contributed by atoms with Gasteiger partial charge in [0.25, 0.3) is 0 Å². The predicted octanol–water partition coefficient (Wildman–Crippen LogP) is 0.829. The first-order valence-electron chi connectivity index (χ1n) is 4.16. The van der Waals surface area contributed by atoms with Crippen LogP contribution in [0.15, 0.2) is 29.8 Å². The number of hydrogen-bond acceptors (Lipinski definition) is 2. The minimum Gasteiger partial charge on any atom is -1.00 e. The first-order valence-corrected chi connectivity index (χ1v) is 5.04. The summed E-state index contributed by atoms with van der Waals surface area (Å²) in [5.41, 5.74) is 2.97. The average Bonchev–Trinajstić information content (AvgIpc) is 2.52. The molecule has 1 aromatic heterocycles. The van der Waals surface area contributed by atoms with Crippen LogP contribution in [-0.4, -0.2) is 4.98 Å². The van der Waals surface area contributed by atoms with Gasteiger partial charge in [-0.3, -0.25) is 0 Å². The second-order valence-corrected chi connectivity index (χ2v) is 3.41. The van der Waals surface area contributed by atoms with Crippen molar-refractivity contribution in [2.45, 2.75) is 20.3 Å². The molecule has 1 heterocycles. The van der Waals surface area contributed by atoms with Gasteiger partial charge in [0.2, 0.25) is 0 Å².